The van der Waals surface area contributed by atoms with Gasteiger partial charge in [0.15, 0.2) is 0 Å². The van der Waals surface area contributed by atoms with E-state index in [4.69, 9.17) is 21.4 Å². The molecule has 10 heavy (non-hydrogen) atoms. The molecule has 5 heteroatoms. The summed E-state index contributed by atoms with van der Waals surface area (Å²) >= 11 is 0. The van der Waals surface area contributed by atoms with Crippen molar-refractivity contribution < 1.29 is 9.94 Å². The Morgan fingerprint density at radius 3 is 2.30 bits per heavy atom. The molecule has 64 valence electrons. The van der Waals surface area contributed by atoms with Crippen LogP contribution in [0.1, 0.15) is 13.3 Å². The lowest BCUT2D eigenvalue weighted by Gasteiger charge is -2.07. The Bertz CT molecular complexity index is 54.2. The van der Waals surface area contributed by atoms with E-state index in [0.717, 1.165) is 6.42 Å². The molecular weight excluding hydrogens is 134 g/mol. The average Bonchev–Trinajstić information content (AvgIpc) is 2.04. The van der Waals surface area contributed by atoms with Crippen LogP contribution in [0.5, 0.6) is 0 Å². The van der Waals surface area contributed by atoms with E-state index in [1.165, 1.54) is 0 Å². The standard InChI is InChI=1S/C5H14N2O.H3NO/c1-2-3-8-5(7)4-6;1-2/h5H,2-4,6-7H2,1H3;2H,1H2. The first-order chi connectivity index (χ1) is 4.81. The Hall–Kier alpha value is -0.200. The summed E-state index contributed by atoms with van der Waals surface area (Å²) in [6.07, 6.45) is 0.725. The topological polar surface area (TPSA) is 108 Å². The fourth-order valence-electron chi connectivity index (χ4n) is 0.337. The number of rotatable bonds is 4. The SMILES string of the molecule is CCCOC(N)CN.NO. The summed E-state index contributed by atoms with van der Waals surface area (Å²) in [6.45, 7) is 3.14. The molecule has 0 saturated heterocycles. The number of hydrogen-bond donors (Lipinski definition) is 4. The van der Waals surface area contributed by atoms with E-state index in [2.05, 4.69) is 5.90 Å². The smallest absolute Gasteiger partial charge is 0.118 e. The summed E-state index contributed by atoms with van der Waals surface area (Å²) in [4.78, 5) is 0. The first kappa shape index (κ1) is 12.5. The van der Waals surface area contributed by atoms with Crippen molar-refractivity contribution in [2.75, 3.05) is 13.2 Å². The number of hydrogen-bond acceptors (Lipinski definition) is 5. The van der Waals surface area contributed by atoms with Crippen molar-refractivity contribution in [1.82, 2.24) is 0 Å². The highest BCUT2D eigenvalue weighted by Crippen LogP contribution is 1.81. The monoisotopic (exact) mass is 151 g/mol. The normalized spacial score (nSPS) is 11.7. The largest absolute Gasteiger partial charge is 0.362 e. The summed E-state index contributed by atoms with van der Waals surface area (Å²) in [5.41, 5.74) is 10.5. The average molecular weight is 151 g/mol. The minimum absolute atomic E-state index is 0.269. The van der Waals surface area contributed by atoms with Gasteiger partial charge in [0, 0.05) is 13.2 Å². The van der Waals surface area contributed by atoms with Gasteiger partial charge in [0.1, 0.15) is 6.23 Å². The molecule has 7 N–H and O–H groups in total. The van der Waals surface area contributed by atoms with Crippen LogP contribution >= 0.6 is 0 Å². The van der Waals surface area contributed by atoms with E-state index < -0.39 is 0 Å². The number of nitrogens with two attached hydrogens (primary N) is 3. The van der Waals surface area contributed by atoms with Crippen LogP contribution in [-0.2, 0) is 4.74 Å². The highest BCUT2D eigenvalue weighted by atomic mass is 16.5. The molecule has 0 aromatic rings. The van der Waals surface area contributed by atoms with Gasteiger partial charge in [-0.3, -0.25) is 0 Å². The molecule has 0 heterocycles. The van der Waals surface area contributed by atoms with Crippen LogP contribution in [-0.4, -0.2) is 24.6 Å². The van der Waals surface area contributed by atoms with Crippen LogP contribution in [0.25, 0.3) is 0 Å². The summed E-state index contributed by atoms with van der Waals surface area (Å²) in [7, 11) is 0. The maximum absolute atomic E-state index is 6.50. The third-order valence-corrected chi connectivity index (χ3v) is 0.768. The van der Waals surface area contributed by atoms with E-state index in [1.807, 2.05) is 6.92 Å². The van der Waals surface area contributed by atoms with Gasteiger partial charge in [-0.25, -0.2) is 5.90 Å². The molecule has 0 aliphatic carbocycles. The van der Waals surface area contributed by atoms with Gasteiger partial charge in [0.2, 0.25) is 0 Å². The third-order valence-electron chi connectivity index (χ3n) is 0.768. The molecule has 0 radical (unpaired) electrons. The molecule has 0 aliphatic rings. The zero-order valence-corrected chi connectivity index (χ0v) is 6.29. The molecule has 0 amide bonds. The molecule has 0 aromatic carbocycles. The Balaban J connectivity index is 0. The Labute approximate surface area is 61.1 Å². The van der Waals surface area contributed by atoms with Crippen LogP contribution < -0.4 is 17.4 Å². The van der Waals surface area contributed by atoms with Crippen LogP contribution in [0.15, 0.2) is 0 Å². The number of ether oxygens (including phenoxy) is 1. The zero-order valence-electron chi connectivity index (χ0n) is 6.29. The van der Waals surface area contributed by atoms with Gasteiger partial charge in [-0.15, -0.1) is 0 Å². The zero-order chi connectivity index (χ0) is 8.41. The summed E-state index contributed by atoms with van der Waals surface area (Å²) in [5, 5.41) is 6.50. The maximum atomic E-state index is 6.50. The highest BCUT2D eigenvalue weighted by molar-refractivity contribution is 4.44. The maximum Gasteiger partial charge on any atom is 0.118 e. The van der Waals surface area contributed by atoms with E-state index in [-0.39, 0.29) is 6.23 Å². The van der Waals surface area contributed by atoms with Crippen LogP contribution in [0.2, 0.25) is 0 Å². The van der Waals surface area contributed by atoms with Crippen LogP contribution in [0.4, 0.5) is 0 Å². The second-order valence-electron chi connectivity index (χ2n) is 1.64. The van der Waals surface area contributed by atoms with Gasteiger partial charge < -0.3 is 21.4 Å². The molecular formula is C5H17N3O2. The summed E-state index contributed by atoms with van der Waals surface area (Å²) < 4.78 is 4.99. The van der Waals surface area contributed by atoms with E-state index in [9.17, 15) is 0 Å². The van der Waals surface area contributed by atoms with Crippen molar-refractivity contribution in [2.24, 2.45) is 17.4 Å². The van der Waals surface area contributed by atoms with Crippen LogP contribution in [0, 0.1) is 0 Å². The first-order valence-corrected chi connectivity index (χ1v) is 3.14. The lowest BCUT2D eigenvalue weighted by atomic mass is 10.5. The minimum Gasteiger partial charge on any atom is -0.362 e. The molecule has 1 atom stereocenters. The summed E-state index contributed by atoms with van der Waals surface area (Å²) in [5.74, 6) is 3.50. The van der Waals surface area contributed by atoms with Crippen molar-refractivity contribution in [3.05, 3.63) is 0 Å². The fourth-order valence-corrected chi connectivity index (χ4v) is 0.337. The molecule has 0 bridgehead atoms. The van der Waals surface area contributed by atoms with Crippen molar-refractivity contribution in [2.45, 2.75) is 19.6 Å². The molecule has 0 fully saturated rings. The van der Waals surface area contributed by atoms with E-state index >= 15 is 0 Å². The van der Waals surface area contributed by atoms with E-state index in [1.54, 1.807) is 0 Å². The van der Waals surface area contributed by atoms with Gasteiger partial charge in [-0.1, -0.05) is 6.92 Å². The van der Waals surface area contributed by atoms with Gasteiger partial charge in [-0.2, -0.15) is 0 Å². The van der Waals surface area contributed by atoms with Gasteiger partial charge in [0.05, 0.1) is 0 Å². The molecule has 0 aromatic heterocycles. The third kappa shape index (κ3) is 10.7. The molecule has 0 spiro atoms. The Kier molecular flexibility index (Phi) is 14.4. The summed E-state index contributed by atoms with van der Waals surface area (Å²) in [6, 6.07) is 0. The van der Waals surface area contributed by atoms with Gasteiger partial charge >= 0.3 is 0 Å². The van der Waals surface area contributed by atoms with Gasteiger partial charge in [-0.05, 0) is 6.42 Å². The Morgan fingerprint density at radius 2 is 2.00 bits per heavy atom. The minimum atomic E-state index is -0.269. The van der Waals surface area contributed by atoms with Gasteiger partial charge in [0.25, 0.3) is 0 Å². The molecule has 0 aliphatic heterocycles. The van der Waals surface area contributed by atoms with Crippen molar-refractivity contribution in [3.63, 3.8) is 0 Å². The molecule has 0 rings (SSSR count). The lowest BCUT2D eigenvalue weighted by Crippen LogP contribution is -2.32. The molecule has 1 unspecified atom stereocenters. The van der Waals surface area contributed by atoms with Crippen molar-refractivity contribution in [1.29, 1.82) is 0 Å². The second kappa shape index (κ2) is 11.6. The van der Waals surface area contributed by atoms with Crippen LogP contribution in [0.3, 0.4) is 0 Å². The quantitative estimate of drug-likeness (QED) is 0.304. The lowest BCUT2D eigenvalue weighted by molar-refractivity contribution is 0.0642. The molecule has 0 saturated carbocycles. The fraction of sp³-hybridized carbons (Fsp3) is 1.00. The second-order valence-corrected chi connectivity index (χ2v) is 1.64. The predicted octanol–water partition coefficient (Wildman–Crippen LogP) is -1.01. The Morgan fingerprint density at radius 1 is 1.50 bits per heavy atom. The van der Waals surface area contributed by atoms with Crippen molar-refractivity contribution >= 4 is 0 Å². The first-order valence-electron chi connectivity index (χ1n) is 3.14. The predicted molar refractivity (Wildman–Crippen MR) is 39.2 cm³/mol. The van der Waals surface area contributed by atoms with E-state index in [0.29, 0.717) is 13.2 Å². The molecule has 5 nitrogen and oxygen atoms in total. The highest BCUT2D eigenvalue weighted by Gasteiger charge is 1.94. The van der Waals surface area contributed by atoms with Crippen molar-refractivity contribution in [3.8, 4) is 0 Å².